The first kappa shape index (κ1) is 18.7. The van der Waals surface area contributed by atoms with Crippen LogP contribution < -0.4 is 5.32 Å². The second-order valence-corrected chi connectivity index (χ2v) is 6.71. The minimum absolute atomic E-state index is 0.0820. The minimum Gasteiger partial charge on any atom is -0.459 e. The van der Waals surface area contributed by atoms with E-state index >= 15 is 0 Å². The van der Waals surface area contributed by atoms with E-state index in [1.165, 1.54) is 6.26 Å². The molecule has 0 bridgehead atoms. The molecule has 0 spiro atoms. The highest BCUT2D eigenvalue weighted by Crippen LogP contribution is 2.13. The fourth-order valence-electron chi connectivity index (χ4n) is 3.17. The summed E-state index contributed by atoms with van der Waals surface area (Å²) in [7, 11) is 0. The van der Waals surface area contributed by atoms with Crippen LogP contribution in [-0.4, -0.2) is 57.8 Å². The number of hydrogen-bond acceptors (Lipinski definition) is 6. The predicted molar refractivity (Wildman–Crippen MR) is 106 cm³/mol. The molecule has 2 amide bonds. The summed E-state index contributed by atoms with van der Waals surface area (Å²) in [4.78, 5) is 36.9. The summed E-state index contributed by atoms with van der Waals surface area (Å²) in [6, 6.07) is 10.8. The molecule has 0 radical (unpaired) electrons. The number of carbonyl (C=O) groups is 2. The normalized spacial score (nSPS) is 13.9. The molecule has 8 heteroatoms. The Labute approximate surface area is 168 Å². The first-order valence-corrected chi connectivity index (χ1v) is 9.41. The van der Waals surface area contributed by atoms with Crippen molar-refractivity contribution in [2.24, 2.45) is 0 Å². The van der Waals surface area contributed by atoms with Gasteiger partial charge in [-0.3, -0.25) is 14.6 Å². The summed E-state index contributed by atoms with van der Waals surface area (Å²) in [5, 5.41) is 3.21. The molecule has 1 aliphatic heterocycles. The summed E-state index contributed by atoms with van der Waals surface area (Å²) >= 11 is 0. The largest absolute Gasteiger partial charge is 0.459 e. The number of anilines is 1. The lowest BCUT2D eigenvalue weighted by Crippen LogP contribution is -2.50. The van der Waals surface area contributed by atoms with E-state index < -0.39 is 0 Å². The van der Waals surface area contributed by atoms with Gasteiger partial charge in [-0.1, -0.05) is 6.07 Å². The summed E-state index contributed by atoms with van der Waals surface area (Å²) in [5.74, 6) is 0.789. The third-order valence-corrected chi connectivity index (χ3v) is 4.79. The summed E-state index contributed by atoms with van der Waals surface area (Å²) in [6.07, 6.45) is 6.58. The fourth-order valence-corrected chi connectivity index (χ4v) is 3.17. The zero-order valence-corrected chi connectivity index (χ0v) is 15.8. The lowest BCUT2D eigenvalue weighted by Gasteiger charge is -2.34. The Hall–Kier alpha value is -3.68. The average Bonchev–Trinajstić information content (AvgIpc) is 3.33. The van der Waals surface area contributed by atoms with Crippen molar-refractivity contribution in [2.75, 3.05) is 31.5 Å². The van der Waals surface area contributed by atoms with Crippen LogP contribution >= 0.6 is 0 Å². The van der Waals surface area contributed by atoms with Gasteiger partial charge in [-0.05, 0) is 35.9 Å². The van der Waals surface area contributed by atoms with Crippen molar-refractivity contribution >= 4 is 17.6 Å². The van der Waals surface area contributed by atoms with Crippen LogP contribution in [0.1, 0.15) is 26.5 Å². The standard InChI is InChI=1S/C21H21N5O3/c27-20(25-8-10-26(11-9-25)21(28)18-4-2-12-29-18)17-5-6-19(24-15-17)23-14-16-3-1-7-22-13-16/h1-7,12-13,15H,8-11,14H2,(H,23,24). The second-order valence-electron chi connectivity index (χ2n) is 6.71. The molecular formula is C21H21N5O3. The van der Waals surface area contributed by atoms with Gasteiger partial charge in [0.05, 0.1) is 11.8 Å². The van der Waals surface area contributed by atoms with Gasteiger partial charge in [0.15, 0.2) is 5.76 Å². The van der Waals surface area contributed by atoms with E-state index in [-0.39, 0.29) is 11.8 Å². The molecule has 3 aromatic rings. The molecule has 4 heterocycles. The number of piperazine rings is 1. The van der Waals surface area contributed by atoms with Crippen LogP contribution in [0.25, 0.3) is 0 Å². The van der Waals surface area contributed by atoms with Crippen LogP contribution in [0.5, 0.6) is 0 Å². The molecule has 1 N–H and O–H groups in total. The quantitative estimate of drug-likeness (QED) is 0.717. The first-order chi connectivity index (χ1) is 14.2. The van der Waals surface area contributed by atoms with Gasteiger partial charge in [0.2, 0.25) is 0 Å². The fraction of sp³-hybridized carbons (Fsp3) is 0.238. The van der Waals surface area contributed by atoms with Crippen molar-refractivity contribution in [3.8, 4) is 0 Å². The molecular weight excluding hydrogens is 370 g/mol. The number of aromatic nitrogens is 2. The number of nitrogens with one attached hydrogen (secondary N) is 1. The molecule has 3 aromatic heterocycles. The van der Waals surface area contributed by atoms with Gasteiger partial charge in [-0.25, -0.2) is 4.98 Å². The van der Waals surface area contributed by atoms with Crippen molar-refractivity contribution in [1.29, 1.82) is 0 Å². The van der Waals surface area contributed by atoms with Crippen LogP contribution in [0, 0.1) is 0 Å². The molecule has 0 saturated carbocycles. The van der Waals surface area contributed by atoms with E-state index in [1.807, 2.05) is 12.1 Å². The highest BCUT2D eigenvalue weighted by atomic mass is 16.3. The predicted octanol–water partition coefficient (Wildman–Crippen LogP) is 2.28. The van der Waals surface area contributed by atoms with E-state index in [0.29, 0.717) is 49.9 Å². The highest BCUT2D eigenvalue weighted by Gasteiger charge is 2.26. The van der Waals surface area contributed by atoms with Crippen molar-refractivity contribution < 1.29 is 14.0 Å². The molecule has 0 atom stereocenters. The lowest BCUT2D eigenvalue weighted by molar-refractivity contribution is 0.0518. The first-order valence-electron chi connectivity index (χ1n) is 9.41. The van der Waals surface area contributed by atoms with Crippen LogP contribution in [0.3, 0.4) is 0 Å². The molecule has 1 saturated heterocycles. The number of carbonyl (C=O) groups excluding carboxylic acids is 2. The van der Waals surface area contributed by atoms with E-state index in [9.17, 15) is 9.59 Å². The topological polar surface area (TPSA) is 91.6 Å². The number of amides is 2. The van der Waals surface area contributed by atoms with Gasteiger partial charge in [-0.15, -0.1) is 0 Å². The SMILES string of the molecule is O=C(c1ccc(NCc2cccnc2)nc1)N1CCN(C(=O)c2ccco2)CC1. The molecule has 1 aliphatic rings. The molecule has 148 valence electrons. The van der Waals surface area contributed by atoms with Crippen molar-refractivity contribution in [3.63, 3.8) is 0 Å². The second kappa shape index (κ2) is 8.55. The Bertz CT molecular complexity index is 950. The van der Waals surface area contributed by atoms with E-state index in [0.717, 1.165) is 5.56 Å². The van der Waals surface area contributed by atoms with Crippen molar-refractivity contribution in [1.82, 2.24) is 19.8 Å². The Balaban J connectivity index is 1.30. The maximum atomic E-state index is 12.7. The molecule has 0 unspecified atom stereocenters. The number of nitrogens with zero attached hydrogens (tertiary/aromatic N) is 4. The number of hydrogen-bond donors (Lipinski definition) is 1. The Kier molecular flexibility index (Phi) is 5.51. The Morgan fingerprint density at radius 1 is 0.966 bits per heavy atom. The van der Waals surface area contributed by atoms with E-state index in [2.05, 4.69) is 15.3 Å². The zero-order chi connectivity index (χ0) is 20.1. The third kappa shape index (κ3) is 4.43. The molecule has 0 aliphatic carbocycles. The van der Waals surface area contributed by atoms with Gasteiger partial charge in [0, 0.05) is 51.3 Å². The number of rotatable bonds is 5. The highest BCUT2D eigenvalue weighted by molar-refractivity contribution is 5.95. The average molecular weight is 391 g/mol. The van der Waals surface area contributed by atoms with Gasteiger partial charge in [0.25, 0.3) is 11.8 Å². The van der Waals surface area contributed by atoms with Crippen LogP contribution in [0.2, 0.25) is 0 Å². The monoisotopic (exact) mass is 391 g/mol. The zero-order valence-electron chi connectivity index (χ0n) is 15.8. The van der Waals surface area contributed by atoms with Crippen LogP contribution in [0.15, 0.2) is 65.7 Å². The lowest BCUT2D eigenvalue weighted by atomic mass is 10.2. The van der Waals surface area contributed by atoms with Gasteiger partial charge in [0.1, 0.15) is 5.82 Å². The molecule has 1 fully saturated rings. The van der Waals surface area contributed by atoms with Crippen molar-refractivity contribution in [3.05, 3.63) is 78.1 Å². The maximum Gasteiger partial charge on any atom is 0.289 e. The molecule has 29 heavy (non-hydrogen) atoms. The summed E-state index contributed by atoms with van der Waals surface area (Å²) in [6.45, 7) is 2.52. The minimum atomic E-state index is -0.146. The van der Waals surface area contributed by atoms with E-state index in [1.54, 1.807) is 52.7 Å². The molecule has 8 nitrogen and oxygen atoms in total. The number of pyridine rings is 2. The molecule has 4 rings (SSSR count). The van der Waals surface area contributed by atoms with Gasteiger partial charge < -0.3 is 19.5 Å². The van der Waals surface area contributed by atoms with Crippen LogP contribution in [0.4, 0.5) is 5.82 Å². The maximum absolute atomic E-state index is 12.7. The third-order valence-electron chi connectivity index (χ3n) is 4.79. The van der Waals surface area contributed by atoms with Crippen LogP contribution in [-0.2, 0) is 6.54 Å². The number of furan rings is 1. The van der Waals surface area contributed by atoms with E-state index in [4.69, 9.17) is 4.42 Å². The summed E-state index contributed by atoms with van der Waals surface area (Å²) < 4.78 is 5.16. The smallest absolute Gasteiger partial charge is 0.289 e. The van der Waals surface area contributed by atoms with Crippen molar-refractivity contribution in [2.45, 2.75) is 6.54 Å². The molecule has 0 aromatic carbocycles. The van der Waals surface area contributed by atoms with Gasteiger partial charge in [-0.2, -0.15) is 0 Å². The summed E-state index contributed by atoms with van der Waals surface area (Å²) in [5.41, 5.74) is 1.58. The Morgan fingerprint density at radius 2 is 1.76 bits per heavy atom. The van der Waals surface area contributed by atoms with Gasteiger partial charge >= 0.3 is 0 Å². The Morgan fingerprint density at radius 3 is 2.38 bits per heavy atom.